The van der Waals surface area contributed by atoms with E-state index in [1.807, 2.05) is 7.05 Å². The van der Waals surface area contributed by atoms with Crippen molar-refractivity contribution in [1.29, 1.82) is 0 Å². The van der Waals surface area contributed by atoms with E-state index in [1.54, 1.807) is 0 Å². The molecule has 1 heterocycles. The van der Waals surface area contributed by atoms with Crippen LogP contribution in [0.5, 0.6) is 0 Å². The van der Waals surface area contributed by atoms with Crippen molar-refractivity contribution >= 4 is 35.8 Å². The lowest BCUT2D eigenvalue weighted by molar-refractivity contribution is -0.121. The summed E-state index contributed by atoms with van der Waals surface area (Å²) in [7, 11) is 1.83. The Labute approximate surface area is 186 Å². The molecule has 1 aromatic rings. The average Bonchev–Trinajstić information content (AvgIpc) is 3.47. The number of carbonyl (C=O) groups is 1. The van der Waals surface area contributed by atoms with E-state index in [0.717, 1.165) is 64.5 Å². The summed E-state index contributed by atoms with van der Waals surface area (Å²) >= 11 is 0. The number of hydrogen-bond acceptors (Lipinski definition) is 3. The van der Waals surface area contributed by atoms with Crippen LogP contribution in [0.2, 0.25) is 0 Å². The molecule has 28 heavy (non-hydrogen) atoms. The Morgan fingerprint density at radius 2 is 1.96 bits per heavy atom. The van der Waals surface area contributed by atoms with E-state index in [1.165, 1.54) is 11.1 Å². The number of amides is 1. The van der Waals surface area contributed by atoms with E-state index < -0.39 is 0 Å². The molecule has 2 fully saturated rings. The molecule has 0 aromatic heterocycles. The van der Waals surface area contributed by atoms with Crippen LogP contribution in [-0.2, 0) is 11.3 Å². The van der Waals surface area contributed by atoms with Gasteiger partial charge in [0.1, 0.15) is 0 Å². The topological polar surface area (TPSA) is 60.0 Å². The van der Waals surface area contributed by atoms with Crippen LogP contribution in [0.4, 0.5) is 0 Å². The van der Waals surface area contributed by atoms with Crippen LogP contribution < -0.4 is 10.6 Å². The molecule has 0 atom stereocenters. The smallest absolute Gasteiger partial charge is 0.220 e. The van der Waals surface area contributed by atoms with Gasteiger partial charge in [0.15, 0.2) is 5.96 Å². The fourth-order valence-electron chi connectivity index (χ4n) is 3.50. The Balaban J connectivity index is 0.00000280. The normalized spacial score (nSPS) is 17.8. The highest BCUT2D eigenvalue weighted by Gasteiger charge is 2.23. The van der Waals surface area contributed by atoms with Gasteiger partial charge in [-0.1, -0.05) is 29.8 Å². The zero-order chi connectivity index (χ0) is 19.1. The van der Waals surface area contributed by atoms with Gasteiger partial charge in [0, 0.05) is 58.8 Å². The first-order chi connectivity index (χ1) is 13.1. The van der Waals surface area contributed by atoms with Gasteiger partial charge in [0.25, 0.3) is 0 Å². The standard InChI is InChI=1S/C21H33N5O.HI/c1-17-5-3-6-18(15-17)16-25-11-13-26(14-12-25)21(22-2)23-10-4-7-20(27)24-19-8-9-19;/h3,5-6,15,19H,4,7-14,16H2,1-2H3,(H,22,23)(H,24,27);1H. The van der Waals surface area contributed by atoms with Crippen molar-refractivity contribution in [3.8, 4) is 0 Å². The molecule has 0 spiro atoms. The Bertz CT molecular complexity index is 654. The Morgan fingerprint density at radius 3 is 2.61 bits per heavy atom. The molecule has 2 aliphatic rings. The lowest BCUT2D eigenvalue weighted by Crippen LogP contribution is -2.52. The van der Waals surface area contributed by atoms with Gasteiger partial charge >= 0.3 is 0 Å². The van der Waals surface area contributed by atoms with E-state index in [0.29, 0.717) is 12.5 Å². The molecule has 0 bridgehead atoms. The van der Waals surface area contributed by atoms with Gasteiger partial charge in [-0.05, 0) is 31.7 Å². The van der Waals surface area contributed by atoms with E-state index in [2.05, 4.69) is 56.6 Å². The summed E-state index contributed by atoms with van der Waals surface area (Å²) in [5.74, 6) is 1.13. The zero-order valence-corrected chi connectivity index (χ0v) is 19.4. The molecule has 3 rings (SSSR count). The number of piperazine rings is 1. The van der Waals surface area contributed by atoms with Crippen molar-refractivity contribution in [3.63, 3.8) is 0 Å². The van der Waals surface area contributed by atoms with Gasteiger partial charge in [0.2, 0.25) is 5.91 Å². The number of halogens is 1. The van der Waals surface area contributed by atoms with Crippen molar-refractivity contribution < 1.29 is 4.79 Å². The maximum Gasteiger partial charge on any atom is 0.220 e. The highest BCUT2D eigenvalue weighted by molar-refractivity contribution is 14.0. The molecule has 1 saturated heterocycles. The molecule has 156 valence electrons. The molecule has 6 nitrogen and oxygen atoms in total. The molecule has 2 N–H and O–H groups in total. The predicted molar refractivity (Wildman–Crippen MR) is 125 cm³/mol. The number of nitrogens with one attached hydrogen (secondary N) is 2. The number of aryl methyl sites for hydroxylation is 1. The summed E-state index contributed by atoms with van der Waals surface area (Å²) in [6.45, 7) is 7.98. The van der Waals surface area contributed by atoms with Crippen LogP contribution in [-0.4, -0.2) is 67.5 Å². The minimum Gasteiger partial charge on any atom is -0.356 e. The maximum atomic E-state index is 11.7. The maximum absolute atomic E-state index is 11.7. The van der Waals surface area contributed by atoms with Crippen LogP contribution in [0, 0.1) is 6.92 Å². The Kier molecular flexibility index (Phi) is 9.50. The molecule has 1 amide bonds. The number of rotatable bonds is 7. The summed E-state index contributed by atoms with van der Waals surface area (Å²) in [5.41, 5.74) is 2.71. The number of hydrogen-bond donors (Lipinski definition) is 2. The fourth-order valence-corrected chi connectivity index (χ4v) is 3.50. The van der Waals surface area contributed by atoms with Gasteiger partial charge < -0.3 is 15.5 Å². The molecular formula is C21H34IN5O. The Morgan fingerprint density at radius 1 is 1.21 bits per heavy atom. The second-order valence-corrected chi connectivity index (χ2v) is 7.67. The summed E-state index contributed by atoms with van der Waals surface area (Å²) in [4.78, 5) is 21.0. The summed E-state index contributed by atoms with van der Waals surface area (Å²) < 4.78 is 0. The molecule has 0 unspecified atom stereocenters. The SMILES string of the molecule is CN=C(NCCCC(=O)NC1CC1)N1CCN(Cc2cccc(C)c2)CC1.I. The molecule has 1 aliphatic carbocycles. The first kappa shape index (κ1) is 22.9. The molecular weight excluding hydrogens is 465 g/mol. The predicted octanol–water partition coefficient (Wildman–Crippen LogP) is 2.36. The zero-order valence-electron chi connectivity index (χ0n) is 17.1. The van der Waals surface area contributed by atoms with E-state index >= 15 is 0 Å². The number of nitrogens with zero attached hydrogens (tertiary/aromatic N) is 3. The van der Waals surface area contributed by atoms with Crippen LogP contribution >= 0.6 is 24.0 Å². The van der Waals surface area contributed by atoms with Crippen LogP contribution in [0.25, 0.3) is 0 Å². The van der Waals surface area contributed by atoms with Crippen molar-refractivity contribution in [2.24, 2.45) is 4.99 Å². The lowest BCUT2D eigenvalue weighted by Gasteiger charge is -2.36. The van der Waals surface area contributed by atoms with Gasteiger partial charge in [-0.3, -0.25) is 14.7 Å². The molecule has 1 saturated carbocycles. The van der Waals surface area contributed by atoms with E-state index in [9.17, 15) is 4.79 Å². The largest absolute Gasteiger partial charge is 0.356 e. The first-order valence-corrected chi connectivity index (χ1v) is 10.2. The number of benzene rings is 1. The van der Waals surface area contributed by atoms with Crippen LogP contribution in [0.1, 0.15) is 36.8 Å². The highest BCUT2D eigenvalue weighted by Crippen LogP contribution is 2.18. The summed E-state index contributed by atoms with van der Waals surface area (Å²) in [6, 6.07) is 9.21. The van der Waals surface area contributed by atoms with Crippen LogP contribution in [0.15, 0.2) is 29.3 Å². The van der Waals surface area contributed by atoms with Crippen molar-refractivity contribution in [2.45, 2.75) is 45.2 Å². The third kappa shape index (κ3) is 7.58. The molecule has 1 aliphatic heterocycles. The Hall–Kier alpha value is -1.35. The average molecular weight is 499 g/mol. The second kappa shape index (κ2) is 11.6. The van der Waals surface area contributed by atoms with E-state index in [-0.39, 0.29) is 29.9 Å². The first-order valence-electron chi connectivity index (χ1n) is 10.2. The fraction of sp³-hybridized carbons (Fsp3) is 0.619. The minimum absolute atomic E-state index is 0. The third-order valence-electron chi connectivity index (χ3n) is 5.18. The number of carbonyl (C=O) groups excluding carboxylic acids is 1. The highest BCUT2D eigenvalue weighted by atomic mass is 127. The lowest BCUT2D eigenvalue weighted by atomic mass is 10.1. The quantitative estimate of drug-likeness (QED) is 0.262. The third-order valence-corrected chi connectivity index (χ3v) is 5.18. The molecule has 7 heteroatoms. The minimum atomic E-state index is 0. The van der Waals surface area contributed by atoms with Gasteiger partial charge in [-0.2, -0.15) is 0 Å². The van der Waals surface area contributed by atoms with Gasteiger partial charge in [0.05, 0.1) is 0 Å². The van der Waals surface area contributed by atoms with Crippen molar-refractivity contribution in [1.82, 2.24) is 20.4 Å². The van der Waals surface area contributed by atoms with Gasteiger partial charge in [-0.25, -0.2) is 0 Å². The van der Waals surface area contributed by atoms with E-state index in [4.69, 9.17) is 0 Å². The van der Waals surface area contributed by atoms with Crippen molar-refractivity contribution in [3.05, 3.63) is 35.4 Å². The second-order valence-electron chi connectivity index (χ2n) is 7.67. The summed E-state index contributed by atoms with van der Waals surface area (Å²) in [6.07, 6.45) is 3.72. The number of aliphatic imine (C=N–C) groups is 1. The van der Waals surface area contributed by atoms with Crippen molar-refractivity contribution in [2.75, 3.05) is 39.8 Å². The number of guanidine groups is 1. The molecule has 1 aromatic carbocycles. The van der Waals surface area contributed by atoms with Gasteiger partial charge in [-0.15, -0.1) is 24.0 Å². The summed E-state index contributed by atoms with van der Waals surface area (Å²) in [5, 5.41) is 6.45. The monoisotopic (exact) mass is 499 g/mol. The molecule has 0 radical (unpaired) electrons. The van der Waals surface area contributed by atoms with Crippen LogP contribution in [0.3, 0.4) is 0 Å².